The van der Waals surface area contributed by atoms with Gasteiger partial charge in [0.2, 0.25) is 5.89 Å². The smallest absolute Gasteiger partial charge is 0.229 e. The Morgan fingerprint density at radius 2 is 2.00 bits per heavy atom. The summed E-state index contributed by atoms with van der Waals surface area (Å²) >= 11 is 0. The number of furan rings is 1. The predicted molar refractivity (Wildman–Crippen MR) is 95.6 cm³/mol. The van der Waals surface area contributed by atoms with E-state index < -0.39 is 0 Å². The second kappa shape index (κ2) is 7.32. The van der Waals surface area contributed by atoms with Crippen LogP contribution in [0, 0.1) is 12.8 Å². The molecule has 5 nitrogen and oxygen atoms in total. The van der Waals surface area contributed by atoms with E-state index in [1.54, 1.807) is 0 Å². The molecular weight excluding hydrogens is 314 g/mol. The number of hydrogen-bond acceptors (Lipinski definition) is 5. The van der Waals surface area contributed by atoms with Crippen molar-refractivity contribution in [1.29, 1.82) is 0 Å². The summed E-state index contributed by atoms with van der Waals surface area (Å²) in [6.45, 7) is 7.79. The van der Waals surface area contributed by atoms with Crippen molar-refractivity contribution >= 4 is 0 Å². The molecule has 25 heavy (non-hydrogen) atoms. The molecule has 2 aromatic rings. The number of nitrogens with zero attached hydrogens (tertiary/aromatic N) is 3. The first-order valence-corrected chi connectivity index (χ1v) is 9.78. The van der Waals surface area contributed by atoms with E-state index in [4.69, 9.17) is 8.94 Å². The van der Waals surface area contributed by atoms with Crippen molar-refractivity contribution < 1.29 is 8.94 Å². The largest absolute Gasteiger partial charge is 0.466 e. The van der Waals surface area contributed by atoms with E-state index in [1.165, 1.54) is 38.8 Å². The van der Waals surface area contributed by atoms with Gasteiger partial charge < -0.3 is 13.8 Å². The first-order chi connectivity index (χ1) is 12.2. The van der Waals surface area contributed by atoms with E-state index in [0.29, 0.717) is 17.8 Å². The summed E-state index contributed by atoms with van der Waals surface area (Å²) in [7, 11) is 0. The number of aryl methyl sites for hydroxylation is 1. The third-order valence-electron chi connectivity index (χ3n) is 5.71. The van der Waals surface area contributed by atoms with Gasteiger partial charge in [-0.05, 0) is 76.7 Å². The van der Waals surface area contributed by atoms with Gasteiger partial charge in [-0.1, -0.05) is 12.1 Å². The summed E-state index contributed by atoms with van der Waals surface area (Å²) in [6, 6.07) is 4.18. The highest BCUT2D eigenvalue weighted by Gasteiger charge is 2.30. The fraction of sp³-hybridized carbons (Fsp3) is 0.700. The lowest BCUT2D eigenvalue weighted by Crippen LogP contribution is -2.35. The molecule has 2 fully saturated rings. The molecule has 0 N–H and O–H groups in total. The van der Waals surface area contributed by atoms with Crippen LogP contribution in [0.1, 0.15) is 74.1 Å². The average molecular weight is 343 g/mol. The first kappa shape index (κ1) is 16.8. The Labute approximate surface area is 149 Å². The van der Waals surface area contributed by atoms with Crippen LogP contribution in [0.5, 0.6) is 0 Å². The third-order valence-corrected chi connectivity index (χ3v) is 5.71. The number of hydrogen-bond donors (Lipinski definition) is 0. The molecule has 1 atom stereocenters. The lowest BCUT2D eigenvalue weighted by Gasteiger charge is -2.32. The van der Waals surface area contributed by atoms with Gasteiger partial charge in [-0.3, -0.25) is 0 Å². The molecule has 1 aliphatic heterocycles. The minimum absolute atomic E-state index is 0.492. The number of aromatic nitrogens is 2. The molecule has 1 saturated heterocycles. The Balaban J connectivity index is 1.18. The molecule has 0 aromatic carbocycles. The van der Waals surface area contributed by atoms with Crippen molar-refractivity contribution in [2.75, 3.05) is 19.6 Å². The molecule has 0 bridgehead atoms. The van der Waals surface area contributed by atoms with Crippen LogP contribution >= 0.6 is 0 Å². The molecule has 5 heteroatoms. The van der Waals surface area contributed by atoms with E-state index in [1.807, 2.05) is 6.92 Å². The summed E-state index contributed by atoms with van der Waals surface area (Å²) in [6.07, 6.45) is 7.05. The molecular formula is C20H29N3O2. The standard InChI is InChI=1S/C20H29N3O2/c1-14(18-6-3-15(2)24-18)7-10-23-11-8-16(9-12-23)13-19-21-20(25-22-19)17-4-5-17/h3,6,14,16-17H,4-5,7-13H2,1-2H3. The highest BCUT2D eigenvalue weighted by atomic mass is 16.5. The SMILES string of the molecule is Cc1ccc(C(C)CCN2CCC(Cc3noc(C4CC4)n3)CC2)o1. The Hall–Kier alpha value is -1.62. The van der Waals surface area contributed by atoms with Crippen molar-refractivity contribution in [1.82, 2.24) is 15.0 Å². The van der Waals surface area contributed by atoms with Gasteiger partial charge in [-0.25, -0.2) is 0 Å². The second-order valence-electron chi connectivity index (χ2n) is 7.95. The van der Waals surface area contributed by atoms with Gasteiger partial charge >= 0.3 is 0 Å². The lowest BCUT2D eigenvalue weighted by atomic mass is 9.93. The Bertz CT molecular complexity index is 681. The highest BCUT2D eigenvalue weighted by molar-refractivity contribution is 5.09. The Morgan fingerprint density at radius 1 is 1.20 bits per heavy atom. The molecule has 0 spiro atoms. The van der Waals surface area contributed by atoms with E-state index in [2.05, 4.69) is 34.1 Å². The highest BCUT2D eigenvalue weighted by Crippen LogP contribution is 2.39. The van der Waals surface area contributed by atoms with Crippen LogP contribution in [-0.2, 0) is 6.42 Å². The number of rotatable bonds is 7. The fourth-order valence-electron chi connectivity index (χ4n) is 3.76. The van der Waals surface area contributed by atoms with Crippen LogP contribution in [-0.4, -0.2) is 34.7 Å². The summed E-state index contributed by atoms with van der Waals surface area (Å²) in [5, 5.41) is 4.18. The minimum Gasteiger partial charge on any atom is -0.466 e. The molecule has 3 heterocycles. The van der Waals surface area contributed by atoms with Crippen molar-refractivity contribution in [2.24, 2.45) is 5.92 Å². The first-order valence-electron chi connectivity index (χ1n) is 9.78. The van der Waals surface area contributed by atoms with Crippen molar-refractivity contribution in [2.45, 2.75) is 64.2 Å². The summed E-state index contributed by atoms with van der Waals surface area (Å²) in [5.74, 6) is 5.67. The maximum atomic E-state index is 5.75. The van der Waals surface area contributed by atoms with Crippen molar-refractivity contribution in [3.05, 3.63) is 35.4 Å². The van der Waals surface area contributed by atoms with Gasteiger partial charge in [0.05, 0.1) is 0 Å². The predicted octanol–water partition coefficient (Wildman–Crippen LogP) is 4.30. The van der Waals surface area contributed by atoms with Gasteiger partial charge in [-0.2, -0.15) is 4.98 Å². The third kappa shape index (κ3) is 4.32. The van der Waals surface area contributed by atoms with Crippen LogP contribution in [0.3, 0.4) is 0 Å². The average Bonchev–Trinajstić information content (AvgIpc) is 3.21. The Morgan fingerprint density at radius 3 is 2.68 bits per heavy atom. The normalized spacial score (nSPS) is 20.9. The van der Waals surface area contributed by atoms with E-state index in [-0.39, 0.29) is 0 Å². The zero-order valence-corrected chi connectivity index (χ0v) is 15.4. The number of likely N-dealkylation sites (tertiary alicyclic amines) is 1. The second-order valence-corrected chi connectivity index (χ2v) is 7.95. The van der Waals surface area contributed by atoms with E-state index in [0.717, 1.165) is 42.6 Å². The minimum atomic E-state index is 0.492. The number of piperidine rings is 1. The zero-order valence-electron chi connectivity index (χ0n) is 15.4. The van der Waals surface area contributed by atoms with Crippen LogP contribution < -0.4 is 0 Å². The molecule has 136 valence electrons. The summed E-state index contributed by atoms with van der Waals surface area (Å²) in [5.41, 5.74) is 0. The molecule has 2 aliphatic rings. The molecule has 4 rings (SSSR count). The fourth-order valence-corrected chi connectivity index (χ4v) is 3.76. The van der Waals surface area contributed by atoms with Crippen LogP contribution in [0.25, 0.3) is 0 Å². The Kier molecular flexibility index (Phi) is 4.93. The summed E-state index contributed by atoms with van der Waals surface area (Å²) in [4.78, 5) is 7.17. The van der Waals surface area contributed by atoms with Gasteiger partial charge in [0.1, 0.15) is 11.5 Å². The molecule has 1 aliphatic carbocycles. The molecule has 1 unspecified atom stereocenters. The van der Waals surface area contributed by atoms with Crippen molar-refractivity contribution in [3.8, 4) is 0 Å². The van der Waals surface area contributed by atoms with Gasteiger partial charge in [0, 0.05) is 18.3 Å². The summed E-state index contributed by atoms with van der Waals surface area (Å²) < 4.78 is 11.1. The zero-order chi connectivity index (χ0) is 17.2. The van der Waals surface area contributed by atoms with Gasteiger partial charge in [-0.15, -0.1) is 0 Å². The van der Waals surface area contributed by atoms with Crippen LogP contribution in [0.4, 0.5) is 0 Å². The lowest BCUT2D eigenvalue weighted by molar-refractivity contribution is 0.176. The van der Waals surface area contributed by atoms with Gasteiger partial charge in [0.15, 0.2) is 5.82 Å². The van der Waals surface area contributed by atoms with E-state index in [9.17, 15) is 0 Å². The van der Waals surface area contributed by atoms with Gasteiger partial charge in [0.25, 0.3) is 0 Å². The maximum Gasteiger partial charge on any atom is 0.229 e. The molecule has 0 radical (unpaired) electrons. The topological polar surface area (TPSA) is 55.3 Å². The maximum absolute atomic E-state index is 5.75. The molecule has 1 saturated carbocycles. The molecule has 2 aromatic heterocycles. The monoisotopic (exact) mass is 343 g/mol. The quantitative estimate of drug-likeness (QED) is 0.750. The van der Waals surface area contributed by atoms with Crippen LogP contribution in [0.15, 0.2) is 21.1 Å². The van der Waals surface area contributed by atoms with Crippen LogP contribution in [0.2, 0.25) is 0 Å². The molecule has 0 amide bonds. The van der Waals surface area contributed by atoms with E-state index >= 15 is 0 Å². The van der Waals surface area contributed by atoms with Crippen molar-refractivity contribution in [3.63, 3.8) is 0 Å².